The van der Waals surface area contributed by atoms with Gasteiger partial charge in [0.25, 0.3) is 10.0 Å². The summed E-state index contributed by atoms with van der Waals surface area (Å²) in [5.74, 6) is 0. The summed E-state index contributed by atoms with van der Waals surface area (Å²) in [6.45, 7) is 4.99. The van der Waals surface area contributed by atoms with Crippen LogP contribution in [0.2, 0.25) is 0 Å². The molecule has 0 bridgehead atoms. The zero-order valence-corrected chi connectivity index (χ0v) is 11.9. The van der Waals surface area contributed by atoms with E-state index in [1.165, 1.54) is 0 Å². The molecule has 102 valence electrons. The SMILES string of the molecule is Cc1ccc(S(=O)(=O)n2nc(C)c(CO)c2C)cc1. The van der Waals surface area contributed by atoms with Gasteiger partial charge in [0.1, 0.15) is 0 Å². The van der Waals surface area contributed by atoms with Gasteiger partial charge in [0.2, 0.25) is 0 Å². The number of hydrogen-bond acceptors (Lipinski definition) is 4. The van der Waals surface area contributed by atoms with Crippen LogP contribution in [0.15, 0.2) is 29.2 Å². The van der Waals surface area contributed by atoms with E-state index in [0.717, 1.165) is 9.65 Å². The van der Waals surface area contributed by atoms with Crippen molar-refractivity contribution in [1.82, 2.24) is 9.19 Å². The molecule has 0 aliphatic rings. The van der Waals surface area contributed by atoms with E-state index in [2.05, 4.69) is 5.10 Å². The summed E-state index contributed by atoms with van der Waals surface area (Å²) in [5.41, 5.74) is 2.51. The molecule has 1 aromatic carbocycles. The molecule has 0 unspecified atom stereocenters. The summed E-state index contributed by atoms with van der Waals surface area (Å²) in [4.78, 5) is 0.188. The molecule has 0 aliphatic heterocycles. The third kappa shape index (κ3) is 2.29. The molecule has 1 aromatic heterocycles. The molecule has 2 rings (SSSR count). The van der Waals surface area contributed by atoms with Gasteiger partial charge in [-0.05, 0) is 32.9 Å². The monoisotopic (exact) mass is 280 g/mol. The van der Waals surface area contributed by atoms with Crippen LogP contribution in [0.5, 0.6) is 0 Å². The highest BCUT2D eigenvalue weighted by molar-refractivity contribution is 7.89. The predicted octanol–water partition coefficient (Wildman–Crippen LogP) is 1.54. The maximum atomic E-state index is 12.5. The molecule has 0 fully saturated rings. The first kappa shape index (κ1) is 13.8. The molecule has 0 saturated heterocycles. The van der Waals surface area contributed by atoms with Crippen molar-refractivity contribution in [3.8, 4) is 0 Å². The Hall–Kier alpha value is -1.66. The molecule has 1 N–H and O–H groups in total. The Balaban J connectivity index is 2.60. The number of benzene rings is 1. The quantitative estimate of drug-likeness (QED) is 0.925. The highest BCUT2D eigenvalue weighted by atomic mass is 32.2. The molecule has 0 radical (unpaired) electrons. The number of aryl methyl sites for hydroxylation is 2. The fourth-order valence-corrected chi connectivity index (χ4v) is 3.30. The molecule has 0 atom stereocenters. The van der Waals surface area contributed by atoms with Gasteiger partial charge in [-0.15, -0.1) is 0 Å². The van der Waals surface area contributed by atoms with Crippen LogP contribution in [0.25, 0.3) is 0 Å². The third-order valence-electron chi connectivity index (χ3n) is 3.11. The van der Waals surface area contributed by atoms with Gasteiger partial charge in [-0.2, -0.15) is 17.6 Å². The van der Waals surface area contributed by atoms with Crippen molar-refractivity contribution in [2.75, 3.05) is 0 Å². The van der Waals surface area contributed by atoms with E-state index in [1.54, 1.807) is 38.1 Å². The minimum Gasteiger partial charge on any atom is -0.392 e. The normalized spacial score (nSPS) is 11.8. The molecular formula is C13H16N2O3S. The number of hydrogen-bond donors (Lipinski definition) is 1. The molecule has 6 heteroatoms. The smallest absolute Gasteiger partial charge is 0.283 e. The summed E-state index contributed by atoms with van der Waals surface area (Å²) in [6, 6.07) is 6.59. The Morgan fingerprint density at radius 2 is 1.74 bits per heavy atom. The van der Waals surface area contributed by atoms with Crippen LogP contribution < -0.4 is 0 Å². The average molecular weight is 280 g/mol. The van der Waals surface area contributed by atoms with Crippen LogP contribution in [0.1, 0.15) is 22.5 Å². The number of rotatable bonds is 3. The summed E-state index contributed by atoms with van der Waals surface area (Å²) in [7, 11) is -3.70. The van der Waals surface area contributed by atoms with Crippen molar-refractivity contribution in [3.05, 3.63) is 46.8 Å². The van der Waals surface area contributed by atoms with Crippen molar-refractivity contribution in [2.24, 2.45) is 0 Å². The zero-order valence-electron chi connectivity index (χ0n) is 11.1. The average Bonchev–Trinajstić information content (AvgIpc) is 2.65. The van der Waals surface area contributed by atoms with E-state index in [-0.39, 0.29) is 11.5 Å². The Morgan fingerprint density at radius 3 is 2.21 bits per heavy atom. The fourth-order valence-electron chi connectivity index (χ4n) is 1.92. The van der Waals surface area contributed by atoms with Gasteiger partial charge in [0, 0.05) is 5.56 Å². The largest absolute Gasteiger partial charge is 0.392 e. The van der Waals surface area contributed by atoms with Crippen LogP contribution >= 0.6 is 0 Å². The van der Waals surface area contributed by atoms with Gasteiger partial charge in [-0.25, -0.2) is 0 Å². The fraction of sp³-hybridized carbons (Fsp3) is 0.308. The lowest BCUT2D eigenvalue weighted by atomic mass is 10.2. The minimum absolute atomic E-state index is 0.188. The zero-order chi connectivity index (χ0) is 14.2. The van der Waals surface area contributed by atoms with Crippen LogP contribution in [0.4, 0.5) is 0 Å². The van der Waals surface area contributed by atoms with Crippen molar-refractivity contribution in [2.45, 2.75) is 32.3 Å². The summed E-state index contributed by atoms with van der Waals surface area (Å²) < 4.78 is 25.9. The van der Waals surface area contributed by atoms with E-state index in [1.807, 2.05) is 6.92 Å². The van der Waals surface area contributed by atoms with E-state index in [4.69, 9.17) is 0 Å². The molecule has 0 aliphatic carbocycles. The van der Waals surface area contributed by atoms with E-state index in [0.29, 0.717) is 17.0 Å². The number of nitrogens with zero attached hydrogens (tertiary/aromatic N) is 2. The van der Waals surface area contributed by atoms with Gasteiger partial charge in [-0.3, -0.25) is 0 Å². The molecule has 19 heavy (non-hydrogen) atoms. The molecular weight excluding hydrogens is 264 g/mol. The van der Waals surface area contributed by atoms with Crippen LogP contribution in [-0.4, -0.2) is 22.7 Å². The number of aliphatic hydroxyl groups is 1. The summed E-state index contributed by atoms with van der Waals surface area (Å²) >= 11 is 0. The van der Waals surface area contributed by atoms with Gasteiger partial charge >= 0.3 is 0 Å². The molecule has 0 spiro atoms. The van der Waals surface area contributed by atoms with E-state index >= 15 is 0 Å². The Morgan fingerprint density at radius 1 is 1.16 bits per heavy atom. The van der Waals surface area contributed by atoms with Crippen LogP contribution in [-0.2, 0) is 16.6 Å². The number of aliphatic hydroxyl groups excluding tert-OH is 1. The molecule has 0 amide bonds. The van der Waals surface area contributed by atoms with Gasteiger partial charge in [0.05, 0.1) is 22.9 Å². The Labute approximate surface area is 112 Å². The van der Waals surface area contributed by atoms with Gasteiger partial charge in [-0.1, -0.05) is 17.7 Å². The maximum Gasteiger partial charge on any atom is 0.283 e. The first-order chi connectivity index (χ1) is 8.87. The Kier molecular flexibility index (Phi) is 3.47. The number of aromatic nitrogens is 2. The highest BCUT2D eigenvalue weighted by Gasteiger charge is 2.23. The van der Waals surface area contributed by atoms with Crippen LogP contribution in [0, 0.1) is 20.8 Å². The lowest BCUT2D eigenvalue weighted by molar-refractivity contribution is 0.280. The molecule has 5 nitrogen and oxygen atoms in total. The van der Waals surface area contributed by atoms with Crippen molar-refractivity contribution < 1.29 is 13.5 Å². The first-order valence-electron chi connectivity index (χ1n) is 5.86. The van der Waals surface area contributed by atoms with Gasteiger partial charge < -0.3 is 5.11 Å². The topological polar surface area (TPSA) is 72.2 Å². The van der Waals surface area contributed by atoms with Crippen molar-refractivity contribution in [3.63, 3.8) is 0 Å². The minimum atomic E-state index is -3.70. The Bertz CT molecular complexity index is 700. The second kappa shape index (κ2) is 4.79. The van der Waals surface area contributed by atoms with Crippen LogP contribution in [0.3, 0.4) is 0 Å². The summed E-state index contributed by atoms with van der Waals surface area (Å²) in [5, 5.41) is 13.3. The standard InChI is InChI=1S/C13H16N2O3S/c1-9-4-6-12(7-5-9)19(17,18)15-11(3)13(8-16)10(2)14-15/h4-7,16H,8H2,1-3H3. The second-order valence-electron chi connectivity index (χ2n) is 4.47. The lowest BCUT2D eigenvalue weighted by Gasteiger charge is -2.07. The van der Waals surface area contributed by atoms with Crippen molar-refractivity contribution in [1.29, 1.82) is 0 Å². The lowest BCUT2D eigenvalue weighted by Crippen LogP contribution is -2.16. The predicted molar refractivity (Wildman–Crippen MR) is 71.4 cm³/mol. The maximum absolute atomic E-state index is 12.5. The second-order valence-corrected chi connectivity index (χ2v) is 6.24. The highest BCUT2D eigenvalue weighted by Crippen LogP contribution is 2.20. The molecule has 2 aromatic rings. The van der Waals surface area contributed by atoms with E-state index in [9.17, 15) is 13.5 Å². The van der Waals surface area contributed by atoms with Gasteiger partial charge in [0.15, 0.2) is 0 Å². The third-order valence-corrected chi connectivity index (χ3v) is 4.78. The molecule has 1 heterocycles. The van der Waals surface area contributed by atoms with E-state index < -0.39 is 10.0 Å². The molecule has 0 saturated carbocycles. The van der Waals surface area contributed by atoms with Crippen molar-refractivity contribution >= 4 is 10.0 Å². The summed E-state index contributed by atoms with van der Waals surface area (Å²) in [6.07, 6.45) is 0. The first-order valence-corrected chi connectivity index (χ1v) is 7.30.